The van der Waals surface area contributed by atoms with Gasteiger partial charge in [0.1, 0.15) is 6.61 Å². The summed E-state index contributed by atoms with van der Waals surface area (Å²) in [6.45, 7) is 3.66. The molecule has 2 fully saturated rings. The Labute approximate surface area is 302 Å². The number of hydrogen-bond acceptors (Lipinski definition) is 10. The molecule has 1 saturated heterocycles. The molecule has 1 N–H and O–H groups in total. The van der Waals surface area contributed by atoms with Crippen molar-refractivity contribution in [1.82, 2.24) is 9.80 Å². The number of ether oxygens (including phenoxy) is 5. The molecular weight excluding hydrogens is 664 g/mol. The minimum absolute atomic E-state index is 0.00666. The van der Waals surface area contributed by atoms with Crippen molar-refractivity contribution in [3.63, 3.8) is 0 Å². The summed E-state index contributed by atoms with van der Waals surface area (Å²) in [5.41, 5.74) is 5.60. The highest BCUT2D eigenvalue weighted by atomic mass is 16.5. The third-order valence-electron chi connectivity index (χ3n) is 10.7. The van der Waals surface area contributed by atoms with Crippen LogP contribution in [0, 0.1) is 5.41 Å². The number of benzene rings is 3. The van der Waals surface area contributed by atoms with Gasteiger partial charge in [0.25, 0.3) is 11.8 Å². The first-order valence-electron chi connectivity index (χ1n) is 17.8. The van der Waals surface area contributed by atoms with E-state index in [1.54, 1.807) is 37.3 Å². The van der Waals surface area contributed by atoms with Crippen LogP contribution in [0.5, 0.6) is 23.0 Å². The maximum atomic E-state index is 13.8. The second-order valence-corrected chi connectivity index (χ2v) is 14.2. The molecule has 4 heterocycles. The summed E-state index contributed by atoms with van der Waals surface area (Å²) in [7, 11) is 3.12. The molecule has 12 nitrogen and oxygen atoms in total. The number of carbonyl (C=O) groups is 3. The minimum atomic E-state index is -0.317. The van der Waals surface area contributed by atoms with Crippen molar-refractivity contribution in [1.29, 1.82) is 0 Å². The Morgan fingerprint density at radius 2 is 1.63 bits per heavy atom. The Bertz CT molecular complexity index is 1990. The van der Waals surface area contributed by atoms with E-state index in [9.17, 15) is 14.4 Å². The zero-order valence-electron chi connectivity index (χ0n) is 29.6. The predicted octanol–water partition coefficient (Wildman–Crippen LogP) is 6.01. The molecule has 1 saturated carbocycles. The number of fused-ring (bicyclic) bond motifs is 4. The molecule has 12 heteroatoms. The highest BCUT2D eigenvalue weighted by molar-refractivity contribution is 6.04. The maximum Gasteiger partial charge on any atom is 0.302 e. The van der Waals surface area contributed by atoms with Crippen molar-refractivity contribution in [2.24, 2.45) is 10.4 Å². The minimum Gasteiger partial charge on any atom is -0.493 e. The number of rotatable bonds is 11. The van der Waals surface area contributed by atoms with Gasteiger partial charge in [-0.25, -0.2) is 0 Å². The van der Waals surface area contributed by atoms with E-state index in [1.165, 1.54) is 19.8 Å². The summed E-state index contributed by atoms with van der Waals surface area (Å²) in [4.78, 5) is 46.9. The van der Waals surface area contributed by atoms with E-state index in [-0.39, 0.29) is 36.5 Å². The summed E-state index contributed by atoms with van der Waals surface area (Å²) in [6.07, 6.45) is 8.44. The van der Waals surface area contributed by atoms with Gasteiger partial charge in [-0.3, -0.25) is 19.4 Å². The van der Waals surface area contributed by atoms with Gasteiger partial charge in [-0.05, 0) is 59.9 Å². The lowest BCUT2D eigenvalue weighted by Crippen LogP contribution is -2.35. The fraction of sp³-hybridized carbons (Fsp3) is 0.400. The lowest BCUT2D eigenvalue weighted by molar-refractivity contribution is -0.142. The Morgan fingerprint density at radius 1 is 0.923 bits per heavy atom. The van der Waals surface area contributed by atoms with Crippen molar-refractivity contribution in [2.75, 3.05) is 45.8 Å². The standard InChI is InChI=1S/C40H42N4O8/c1-24(45)52-22-25-5-7-26(8-6-25)27-13-28-19-41-32-16-36(34(48-2)14-30(32)38(46)43(28)21-27)50-11-4-12-51-37-17-33-31(15-35(37)49-3)39(47)44-23-40(9-10-40)18-29(44)20-42-33/h5-8,14-17,20-21,28-29,41H,4,9-13,18-19,22-23H2,1-3H3. The van der Waals surface area contributed by atoms with Crippen LogP contribution in [0.2, 0.25) is 0 Å². The Kier molecular flexibility index (Phi) is 8.76. The fourth-order valence-corrected chi connectivity index (χ4v) is 7.62. The molecule has 2 amide bonds. The molecule has 1 aliphatic carbocycles. The molecule has 5 aliphatic rings. The number of carbonyl (C=O) groups excluding carboxylic acids is 3. The fourth-order valence-electron chi connectivity index (χ4n) is 7.62. The smallest absolute Gasteiger partial charge is 0.302 e. The van der Waals surface area contributed by atoms with Gasteiger partial charge in [0.15, 0.2) is 23.0 Å². The third kappa shape index (κ3) is 6.42. The van der Waals surface area contributed by atoms with E-state index < -0.39 is 0 Å². The number of anilines is 1. The average Bonchev–Trinajstić information content (AvgIpc) is 3.68. The van der Waals surface area contributed by atoms with E-state index in [2.05, 4.69) is 5.32 Å². The second-order valence-electron chi connectivity index (χ2n) is 14.2. The summed E-state index contributed by atoms with van der Waals surface area (Å²) < 4.78 is 28.6. The Morgan fingerprint density at radius 3 is 2.33 bits per heavy atom. The van der Waals surface area contributed by atoms with E-state index in [0.29, 0.717) is 83.5 Å². The maximum absolute atomic E-state index is 13.8. The summed E-state index contributed by atoms with van der Waals surface area (Å²) >= 11 is 0. The third-order valence-corrected chi connectivity index (χ3v) is 10.7. The number of nitrogens with zero attached hydrogens (tertiary/aromatic N) is 3. The number of methoxy groups -OCH3 is 2. The molecule has 0 bridgehead atoms. The monoisotopic (exact) mass is 706 g/mol. The Balaban J connectivity index is 0.895. The zero-order chi connectivity index (χ0) is 36.0. The van der Waals surface area contributed by atoms with Crippen LogP contribution in [0.15, 0.2) is 59.7 Å². The van der Waals surface area contributed by atoms with Crippen molar-refractivity contribution in [3.8, 4) is 23.0 Å². The second kappa shape index (κ2) is 13.6. The largest absolute Gasteiger partial charge is 0.493 e. The van der Waals surface area contributed by atoms with Crippen molar-refractivity contribution < 1.29 is 38.1 Å². The Hall–Kier alpha value is -5.52. The molecule has 8 rings (SSSR count). The molecule has 4 aliphatic heterocycles. The summed E-state index contributed by atoms with van der Waals surface area (Å²) in [5.74, 6) is 1.56. The van der Waals surface area contributed by atoms with Crippen LogP contribution in [0.1, 0.15) is 70.9 Å². The lowest BCUT2D eigenvalue weighted by atomic mass is 10.0. The quantitative estimate of drug-likeness (QED) is 0.189. The summed E-state index contributed by atoms with van der Waals surface area (Å²) in [5, 5.41) is 3.46. The van der Waals surface area contributed by atoms with Crippen LogP contribution in [0.25, 0.3) is 5.57 Å². The topological polar surface area (TPSA) is 128 Å². The van der Waals surface area contributed by atoms with Gasteiger partial charge in [-0.15, -0.1) is 0 Å². The number of esters is 1. The first-order valence-corrected chi connectivity index (χ1v) is 17.8. The van der Waals surface area contributed by atoms with E-state index in [1.807, 2.05) is 47.6 Å². The molecule has 2 atom stereocenters. The van der Waals surface area contributed by atoms with Crippen LogP contribution in [0.3, 0.4) is 0 Å². The van der Waals surface area contributed by atoms with Gasteiger partial charge in [-0.1, -0.05) is 24.3 Å². The van der Waals surface area contributed by atoms with E-state index in [0.717, 1.165) is 29.7 Å². The van der Waals surface area contributed by atoms with Crippen LogP contribution < -0.4 is 24.3 Å². The molecule has 3 aromatic rings. The lowest BCUT2D eigenvalue weighted by Gasteiger charge is -2.21. The zero-order valence-corrected chi connectivity index (χ0v) is 29.6. The number of aliphatic imine (C=N–C) groups is 1. The molecule has 2 unspecified atom stereocenters. The van der Waals surface area contributed by atoms with Crippen molar-refractivity contribution >= 4 is 40.9 Å². The SMILES string of the molecule is COc1cc2c(cc1OCCCOc1cc3c(cc1OC)C(=O)N1C=C(c4ccc(COC(C)=O)cc4)CC1CN3)N=CC1CC3(CC3)CN1C2=O. The van der Waals surface area contributed by atoms with Crippen LogP contribution >= 0.6 is 0 Å². The van der Waals surface area contributed by atoms with Gasteiger partial charge in [0, 0.05) is 51.0 Å². The molecule has 0 aromatic heterocycles. The van der Waals surface area contributed by atoms with E-state index >= 15 is 0 Å². The summed E-state index contributed by atoms with van der Waals surface area (Å²) in [6, 6.07) is 14.9. The normalized spacial score (nSPS) is 20.5. The first-order chi connectivity index (χ1) is 25.2. The van der Waals surface area contributed by atoms with Crippen LogP contribution in [-0.4, -0.2) is 86.4 Å². The van der Waals surface area contributed by atoms with Gasteiger partial charge >= 0.3 is 5.97 Å². The first kappa shape index (κ1) is 33.6. The predicted molar refractivity (Wildman–Crippen MR) is 194 cm³/mol. The number of hydrogen-bond donors (Lipinski definition) is 1. The number of amides is 2. The molecule has 0 radical (unpaired) electrons. The van der Waals surface area contributed by atoms with Crippen molar-refractivity contribution in [3.05, 3.63) is 77.0 Å². The number of nitrogens with one attached hydrogen (secondary N) is 1. The van der Waals surface area contributed by atoms with Gasteiger partial charge in [0.2, 0.25) is 0 Å². The van der Waals surface area contributed by atoms with Gasteiger partial charge < -0.3 is 38.8 Å². The molecule has 3 aromatic carbocycles. The van der Waals surface area contributed by atoms with Crippen molar-refractivity contribution in [2.45, 2.75) is 57.7 Å². The average molecular weight is 707 g/mol. The van der Waals surface area contributed by atoms with Gasteiger partial charge in [0.05, 0.1) is 62.0 Å². The highest BCUT2D eigenvalue weighted by Gasteiger charge is 2.53. The van der Waals surface area contributed by atoms with Crippen LogP contribution in [0.4, 0.5) is 11.4 Å². The molecular formula is C40H42N4O8. The van der Waals surface area contributed by atoms with E-state index in [4.69, 9.17) is 28.7 Å². The highest BCUT2D eigenvalue weighted by Crippen LogP contribution is 2.55. The molecule has 52 heavy (non-hydrogen) atoms. The van der Waals surface area contributed by atoms with Gasteiger partial charge in [-0.2, -0.15) is 0 Å². The molecule has 1 spiro atoms. The van der Waals surface area contributed by atoms with Crippen LogP contribution in [-0.2, 0) is 16.1 Å². The molecule has 270 valence electrons.